The number of rotatable bonds is 7. The number of nitrogens with one attached hydrogen (secondary N) is 2. The zero-order valence-corrected chi connectivity index (χ0v) is 19.4. The first-order valence-corrected chi connectivity index (χ1v) is 11.6. The Morgan fingerprint density at radius 3 is 2.88 bits per heavy atom. The van der Waals surface area contributed by atoms with Gasteiger partial charge in [-0.2, -0.15) is 5.26 Å². The second-order valence-electron chi connectivity index (χ2n) is 7.45. The molecule has 0 saturated heterocycles. The van der Waals surface area contributed by atoms with Crippen LogP contribution in [0.4, 0.5) is 0 Å². The van der Waals surface area contributed by atoms with Crippen LogP contribution in [0.5, 0.6) is 11.5 Å². The lowest BCUT2D eigenvalue weighted by atomic mass is 10.0. The Hall–Kier alpha value is -4.22. The molecule has 8 heteroatoms. The molecule has 0 atom stereocenters. The maximum Gasteiger partial charge on any atom is 0.262 e. The Balaban J connectivity index is 1.58. The third kappa shape index (κ3) is 4.90. The van der Waals surface area contributed by atoms with E-state index >= 15 is 0 Å². The molecule has 0 aliphatic rings. The maximum absolute atomic E-state index is 12.7. The lowest BCUT2D eigenvalue weighted by Crippen LogP contribution is -2.23. The third-order valence-electron chi connectivity index (χ3n) is 5.33. The topological polar surface area (TPSA) is 111 Å². The highest BCUT2D eigenvalue weighted by Gasteiger charge is 2.13. The molecule has 0 saturated carbocycles. The molecule has 2 aromatic carbocycles. The van der Waals surface area contributed by atoms with E-state index in [0.29, 0.717) is 17.0 Å². The van der Waals surface area contributed by atoms with Gasteiger partial charge in [0.1, 0.15) is 17.3 Å². The smallest absolute Gasteiger partial charge is 0.262 e. The van der Waals surface area contributed by atoms with Crippen molar-refractivity contribution in [2.45, 2.75) is 11.4 Å². The lowest BCUT2D eigenvalue weighted by Gasteiger charge is -2.08. The van der Waals surface area contributed by atoms with Gasteiger partial charge in [-0.15, -0.1) is 11.8 Å². The zero-order valence-electron chi connectivity index (χ0n) is 18.6. The van der Waals surface area contributed by atoms with E-state index in [2.05, 4.69) is 27.4 Å². The molecule has 0 bridgehead atoms. The van der Waals surface area contributed by atoms with E-state index in [9.17, 15) is 15.2 Å². The molecule has 34 heavy (non-hydrogen) atoms. The van der Waals surface area contributed by atoms with Crippen LogP contribution < -0.4 is 10.1 Å². The summed E-state index contributed by atoms with van der Waals surface area (Å²) >= 11 is 1.67. The van der Waals surface area contributed by atoms with Crippen molar-refractivity contribution in [1.82, 2.24) is 15.3 Å². The van der Waals surface area contributed by atoms with Crippen LogP contribution in [-0.4, -0.2) is 34.3 Å². The Bertz CT molecular complexity index is 1440. The fourth-order valence-electron chi connectivity index (χ4n) is 3.52. The fraction of sp³-hybridized carbons (Fsp3) is 0.115. The molecule has 2 aromatic heterocycles. The van der Waals surface area contributed by atoms with Gasteiger partial charge < -0.3 is 20.1 Å². The number of aromatic amines is 1. The molecule has 170 valence electrons. The number of H-pyrrole nitrogens is 1. The molecule has 4 aromatic rings. The summed E-state index contributed by atoms with van der Waals surface area (Å²) in [7, 11) is 1.45. The average Bonchev–Trinajstić information content (AvgIpc) is 3.28. The third-order valence-corrected chi connectivity index (χ3v) is 6.05. The molecule has 0 aliphatic carbocycles. The summed E-state index contributed by atoms with van der Waals surface area (Å²) in [6, 6.07) is 17.0. The summed E-state index contributed by atoms with van der Waals surface area (Å²) in [5.74, 6) is -0.170. The van der Waals surface area contributed by atoms with E-state index in [1.54, 1.807) is 42.4 Å². The summed E-state index contributed by atoms with van der Waals surface area (Å²) in [6.45, 7) is 0.180. The molecule has 7 nitrogen and oxygen atoms in total. The number of pyridine rings is 1. The minimum absolute atomic E-state index is 0.0164. The molecule has 4 rings (SSSR count). The first kappa shape index (κ1) is 23.0. The summed E-state index contributed by atoms with van der Waals surface area (Å²) in [4.78, 5) is 21.4. The summed E-state index contributed by atoms with van der Waals surface area (Å²) < 4.78 is 5.09. The molecule has 1 amide bonds. The van der Waals surface area contributed by atoms with Crippen molar-refractivity contribution in [3.8, 4) is 28.7 Å². The number of benzene rings is 2. The molecule has 0 fully saturated rings. The van der Waals surface area contributed by atoms with Crippen LogP contribution in [0.1, 0.15) is 11.1 Å². The van der Waals surface area contributed by atoms with Gasteiger partial charge in [0.05, 0.1) is 7.11 Å². The number of ether oxygens (including phenoxy) is 1. The number of aromatic hydroxyl groups is 1. The molecular weight excluding hydrogens is 448 g/mol. The van der Waals surface area contributed by atoms with Gasteiger partial charge in [-0.1, -0.05) is 18.2 Å². The quantitative estimate of drug-likeness (QED) is 0.201. The van der Waals surface area contributed by atoms with Crippen molar-refractivity contribution in [2.24, 2.45) is 0 Å². The van der Waals surface area contributed by atoms with E-state index in [4.69, 9.17) is 4.74 Å². The van der Waals surface area contributed by atoms with Crippen molar-refractivity contribution in [2.75, 3.05) is 13.4 Å². The highest BCUT2D eigenvalue weighted by molar-refractivity contribution is 7.98. The number of phenols is 1. The summed E-state index contributed by atoms with van der Waals surface area (Å²) in [5.41, 5.74) is 4.06. The number of nitrogens with zero attached hydrogens (tertiary/aromatic N) is 2. The molecule has 3 N–H and O–H groups in total. The number of thioether (sulfide) groups is 1. The minimum Gasteiger partial charge on any atom is -0.504 e. The van der Waals surface area contributed by atoms with E-state index in [1.807, 2.05) is 30.5 Å². The number of amides is 1. The highest BCUT2D eigenvalue weighted by atomic mass is 32.2. The van der Waals surface area contributed by atoms with Crippen LogP contribution >= 0.6 is 11.8 Å². The first-order chi connectivity index (χ1) is 16.5. The van der Waals surface area contributed by atoms with Gasteiger partial charge in [0.25, 0.3) is 5.91 Å². The van der Waals surface area contributed by atoms with Crippen LogP contribution in [0.25, 0.3) is 28.2 Å². The maximum atomic E-state index is 12.7. The Morgan fingerprint density at radius 1 is 1.26 bits per heavy atom. The zero-order chi connectivity index (χ0) is 24.1. The monoisotopic (exact) mass is 470 g/mol. The molecule has 0 unspecified atom stereocenters. The van der Waals surface area contributed by atoms with Crippen LogP contribution in [0.3, 0.4) is 0 Å². The van der Waals surface area contributed by atoms with Crippen molar-refractivity contribution < 1.29 is 14.6 Å². The second kappa shape index (κ2) is 10.1. The van der Waals surface area contributed by atoms with Crippen molar-refractivity contribution in [1.29, 1.82) is 5.26 Å². The highest BCUT2D eigenvalue weighted by Crippen LogP contribution is 2.29. The van der Waals surface area contributed by atoms with E-state index in [-0.39, 0.29) is 17.9 Å². The number of fused-ring (bicyclic) bond motifs is 1. The second-order valence-corrected chi connectivity index (χ2v) is 8.33. The van der Waals surface area contributed by atoms with Gasteiger partial charge in [-0.05, 0) is 53.8 Å². The summed E-state index contributed by atoms with van der Waals surface area (Å²) in [6.07, 6.45) is 7.11. The normalized spacial score (nSPS) is 11.3. The van der Waals surface area contributed by atoms with Crippen LogP contribution in [0.15, 0.2) is 71.4 Å². The number of carbonyl (C=O) groups is 1. The fourth-order valence-corrected chi connectivity index (χ4v) is 3.98. The largest absolute Gasteiger partial charge is 0.504 e. The van der Waals surface area contributed by atoms with Crippen molar-refractivity contribution >= 4 is 34.8 Å². The van der Waals surface area contributed by atoms with Gasteiger partial charge in [-0.3, -0.25) is 4.79 Å². The van der Waals surface area contributed by atoms with Crippen LogP contribution in [-0.2, 0) is 11.3 Å². The predicted octanol–water partition coefficient (Wildman–Crippen LogP) is 4.89. The first-order valence-electron chi connectivity index (χ1n) is 10.4. The van der Waals surface area contributed by atoms with Gasteiger partial charge in [-0.25, -0.2) is 4.98 Å². The standard InChI is InChI=1S/C26H22N4O3S/c1-33-24-8-16(6-7-23(24)31)13-30-26(32)18(12-27)9-20-15-29-25-22(20)11-19(14-28-25)17-4-3-5-21(10-17)34-2/h3-11,14-15,31H,13H2,1-2H3,(H,28,29)(H,30,32)/b18-9+. The van der Waals surface area contributed by atoms with Crippen LogP contribution in [0.2, 0.25) is 0 Å². The number of aromatic nitrogens is 2. The lowest BCUT2D eigenvalue weighted by molar-refractivity contribution is -0.117. The molecule has 0 spiro atoms. The average molecular weight is 471 g/mol. The van der Waals surface area contributed by atoms with Gasteiger partial charge in [0, 0.05) is 40.3 Å². The number of hydrogen-bond acceptors (Lipinski definition) is 6. The molecule has 0 radical (unpaired) electrons. The van der Waals surface area contributed by atoms with Gasteiger partial charge in [0.15, 0.2) is 11.5 Å². The number of carbonyl (C=O) groups excluding carboxylic acids is 1. The van der Waals surface area contributed by atoms with E-state index in [1.165, 1.54) is 13.2 Å². The number of hydrogen-bond donors (Lipinski definition) is 3. The number of methoxy groups -OCH3 is 1. The van der Waals surface area contributed by atoms with E-state index < -0.39 is 5.91 Å². The molecule has 2 heterocycles. The Kier molecular flexibility index (Phi) is 6.85. The molecule has 0 aliphatic heterocycles. The number of nitriles is 1. The minimum atomic E-state index is -0.499. The SMILES string of the molecule is COc1cc(CNC(=O)/C(C#N)=C/c2c[nH]c3ncc(-c4cccc(SC)c4)cc23)ccc1O. The van der Waals surface area contributed by atoms with E-state index in [0.717, 1.165) is 27.0 Å². The Morgan fingerprint density at radius 2 is 2.12 bits per heavy atom. The van der Waals surface area contributed by atoms with Gasteiger partial charge in [0.2, 0.25) is 0 Å². The van der Waals surface area contributed by atoms with Crippen LogP contribution in [0, 0.1) is 11.3 Å². The predicted molar refractivity (Wildman–Crippen MR) is 133 cm³/mol. The molecular formula is C26H22N4O3S. The van der Waals surface area contributed by atoms with Crippen molar-refractivity contribution in [3.63, 3.8) is 0 Å². The van der Waals surface area contributed by atoms with Gasteiger partial charge >= 0.3 is 0 Å². The summed E-state index contributed by atoms with van der Waals surface area (Å²) in [5, 5.41) is 22.9. The number of phenolic OH excluding ortho intramolecular Hbond substituents is 1. The van der Waals surface area contributed by atoms with Crippen molar-refractivity contribution in [3.05, 3.63) is 77.6 Å². The Labute approximate surface area is 201 Å².